The fourth-order valence-corrected chi connectivity index (χ4v) is 3.82. The van der Waals surface area contributed by atoms with E-state index in [0.717, 1.165) is 31.7 Å². The van der Waals surface area contributed by atoms with Crippen LogP contribution in [0.15, 0.2) is 0 Å². The number of nitrogens with zero attached hydrogens (tertiary/aromatic N) is 1. The Bertz CT molecular complexity index is 238. The van der Waals surface area contributed by atoms with E-state index in [-0.39, 0.29) is 0 Å². The summed E-state index contributed by atoms with van der Waals surface area (Å²) in [6, 6.07) is 0. The van der Waals surface area contributed by atoms with Crippen LogP contribution in [0.1, 0.15) is 32.6 Å². The predicted molar refractivity (Wildman–Crippen MR) is 69.9 cm³/mol. The maximum absolute atomic E-state index is 11.9. The van der Waals surface area contributed by atoms with Crippen molar-refractivity contribution in [3.63, 3.8) is 0 Å². The van der Waals surface area contributed by atoms with Gasteiger partial charge in [-0.1, -0.05) is 13.3 Å². The predicted octanol–water partition coefficient (Wildman–Crippen LogP) is 2.43. The number of Topliss-reactive ketones (excluding diaryl/α,β-unsaturated/α-hetero) is 1. The summed E-state index contributed by atoms with van der Waals surface area (Å²) in [6.45, 7) is 5.67. The van der Waals surface area contributed by atoms with E-state index < -0.39 is 0 Å². The fourth-order valence-electron chi connectivity index (χ4n) is 2.84. The highest BCUT2D eigenvalue weighted by Crippen LogP contribution is 2.29. The molecule has 0 amide bonds. The largest absolute Gasteiger partial charge is 0.301 e. The third kappa shape index (κ3) is 3.24. The topological polar surface area (TPSA) is 20.3 Å². The third-order valence-electron chi connectivity index (χ3n) is 4.03. The molecule has 0 N–H and O–H groups in total. The first-order valence-corrected chi connectivity index (χ1v) is 7.78. The average molecular weight is 241 g/mol. The highest BCUT2D eigenvalue weighted by molar-refractivity contribution is 7.99. The minimum atomic E-state index is 0.349. The second-order valence-electron chi connectivity index (χ2n) is 5.12. The van der Waals surface area contributed by atoms with Crippen molar-refractivity contribution < 1.29 is 4.79 Å². The Morgan fingerprint density at radius 2 is 2.12 bits per heavy atom. The molecule has 1 heterocycles. The lowest BCUT2D eigenvalue weighted by Gasteiger charge is -2.33. The lowest BCUT2D eigenvalue weighted by molar-refractivity contribution is -0.126. The molecule has 0 aromatic heterocycles. The molecule has 1 saturated carbocycles. The Morgan fingerprint density at radius 3 is 2.81 bits per heavy atom. The summed E-state index contributed by atoms with van der Waals surface area (Å²) in [7, 11) is 0. The normalized spacial score (nSPS) is 32.9. The van der Waals surface area contributed by atoms with Gasteiger partial charge in [-0.15, -0.1) is 0 Å². The molecule has 2 rings (SSSR count). The van der Waals surface area contributed by atoms with Gasteiger partial charge in [-0.25, -0.2) is 0 Å². The lowest BCUT2D eigenvalue weighted by atomic mass is 9.79. The molecule has 1 aliphatic carbocycles. The molecule has 2 atom stereocenters. The number of rotatable bonds is 3. The van der Waals surface area contributed by atoms with Gasteiger partial charge in [0.05, 0.1) is 0 Å². The Kier molecular flexibility index (Phi) is 4.71. The molecule has 1 aliphatic heterocycles. The van der Waals surface area contributed by atoms with Crippen LogP contribution in [0.5, 0.6) is 0 Å². The van der Waals surface area contributed by atoms with Crippen LogP contribution in [0, 0.1) is 11.8 Å². The first kappa shape index (κ1) is 12.4. The first-order chi connectivity index (χ1) is 7.79. The summed E-state index contributed by atoms with van der Waals surface area (Å²) in [5.41, 5.74) is 0. The van der Waals surface area contributed by atoms with E-state index in [1.807, 2.05) is 11.8 Å². The first-order valence-electron chi connectivity index (χ1n) is 6.62. The van der Waals surface area contributed by atoms with Crippen LogP contribution < -0.4 is 0 Å². The van der Waals surface area contributed by atoms with E-state index in [4.69, 9.17) is 0 Å². The molecular formula is C13H23NOS. The molecule has 0 aromatic carbocycles. The van der Waals surface area contributed by atoms with Crippen molar-refractivity contribution in [1.82, 2.24) is 4.90 Å². The van der Waals surface area contributed by atoms with Gasteiger partial charge in [0, 0.05) is 43.5 Å². The van der Waals surface area contributed by atoms with E-state index in [2.05, 4.69) is 11.8 Å². The molecule has 0 bridgehead atoms. The third-order valence-corrected chi connectivity index (χ3v) is 4.97. The summed E-state index contributed by atoms with van der Waals surface area (Å²) >= 11 is 2.04. The van der Waals surface area contributed by atoms with Crippen molar-refractivity contribution in [2.24, 2.45) is 11.8 Å². The second-order valence-corrected chi connectivity index (χ2v) is 6.35. The van der Waals surface area contributed by atoms with Gasteiger partial charge in [0.1, 0.15) is 5.78 Å². The van der Waals surface area contributed by atoms with Gasteiger partial charge < -0.3 is 4.90 Å². The quantitative estimate of drug-likeness (QED) is 0.757. The lowest BCUT2D eigenvalue weighted by Crippen LogP contribution is -2.40. The van der Waals surface area contributed by atoms with Gasteiger partial charge >= 0.3 is 0 Å². The van der Waals surface area contributed by atoms with Crippen LogP contribution in [0.25, 0.3) is 0 Å². The van der Waals surface area contributed by atoms with E-state index in [1.54, 1.807) is 0 Å². The van der Waals surface area contributed by atoms with E-state index in [9.17, 15) is 4.79 Å². The molecule has 2 fully saturated rings. The molecule has 92 valence electrons. The van der Waals surface area contributed by atoms with E-state index >= 15 is 0 Å². The summed E-state index contributed by atoms with van der Waals surface area (Å²) in [5.74, 6) is 4.18. The fraction of sp³-hybridized carbons (Fsp3) is 0.923. The van der Waals surface area contributed by atoms with Crippen LogP contribution in [0.2, 0.25) is 0 Å². The van der Waals surface area contributed by atoms with Crippen LogP contribution in [-0.4, -0.2) is 41.8 Å². The zero-order valence-electron chi connectivity index (χ0n) is 10.3. The maximum atomic E-state index is 11.9. The molecule has 2 nitrogen and oxygen atoms in total. The SMILES string of the molecule is CCC1CCC(=O)C(CN2CCSCC2)C1. The minimum Gasteiger partial charge on any atom is -0.301 e. The van der Waals surface area contributed by atoms with Gasteiger partial charge in [0.15, 0.2) is 0 Å². The number of thioether (sulfide) groups is 1. The molecule has 3 heteroatoms. The highest BCUT2D eigenvalue weighted by Gasteiger charge is 2.29. The van der Waals surface area contributed by atoms with Crippen molar-refractivity contribution >= 4 is 17.5 Å². The molecule has 1 saturated heterocycles. The standard InChI is InChI=1S/C13H23NOS/c1-2-11-3-4-13(15)12(9-11)10-14-5-7-16-8-6-14/h11-12H,2-10H2,1H3. The van der Waals surface area contributed by atoms with Crippen molar-refractivity contribution in [2.45, 2.75) is 32.6 Å². The van der Waals surface area contributed by atoms with Gasteiger partial charge in [0.25, 0.3) is 0 Å². The van der Waals surface area contributed by atoms with Crippen molar-refractivity contribution in [3.05, 3.63) is 0 Å². The summed E-state index contributed by atoms with van der Waals surface area (Å²) in [4.78, 5) is 14.4. The molecule has 2 unspecified atom stereocenters. The van der Waals surface area contributed by atoms with Gasteiger partial charge in [-0.2, -0.15) is 11.8 Å². The summed E-state index contributed by atoms with van der Waals surface area (Å²) < 4.78 is 0. The number of carbonyl (C=O) groups excluding carboxylic acids is 1. The zero-order valence-corrected chi connectivity index (χ0v) is 11.1. The smallest absolute Gasteiger partial charge is 0.137 e. The highest BCUT2D eigenvalue weighted by atomic mass is 32.2. The second kappa shape index (κ2) is 6.06. The average Bonchev–Trinajstić information content (AvgIpc) is 2.33. The van der Waals surface area contributed by atoms with E-state index in [0.29, 0.717) is 11.7 Å². The molecule has 0 radical (unpaired) electrons. The number of hydrogen-bond donors (Lipinski definition) is 0. The number of carbonyl (C=O) groups is 1. The summed E-state index contributed by atoms with van der Waals surface area (Å²) in [6.07, 6.45) is 4.38. The monoisotopic (exact) mass is 241 g/mol. The molecule has 0 spiro atoms. The Morgan fingerprint density at radius 1 is 1.38 bits per heavy atom. The molecule has 2 aliphatic rings. The molecule has 0 aromatic rings. The van der Waals surface area contributed by atoms with Gasteiger partial charge in [-0.3, -0.25) is 4.79 Å². The number of hydrogen-bond acceptors (Lipinski definition) is 3. The molecular weight excluding hydrogens is 218 g/mol. The van der Waals surface area contributed by atoms with Gasteiger partial charge in [0.2, 0.25) is 0 Å². The van der Waals surface area contributed by atoms with Crippen molar-refractivity contribution in [1.29, 1.82) is 0 Å². The number of ketones is 1. The van der Waals surface area contributed by atoms with Gasteiger partial charge in [-0.05, 0) is 18.8 Å². The Balaban J connectivity index is 1.83. The van der Waals surface area contributed by atoms with Crippen LogP contribution in [0.3, 0.4) is 0 Å². The Hall–Kier alpha value is -0.0200. The summed E-state index contributed by atoms with van der Waals surface area (Å²) in [5, 5.41) is 0. The van der Waals surface area contributed by atoms with Crippen molar-refractivity contribution in [2.75, 3.05) is 31.1 Å². The zero-order chi connectivity index (χ0) is 11.4. The van der Waals surface area contributed by atoms with Crippen LogP contribution in [0.4, 0.5) is 0 Å². The van der Waals surface area contributed by atoms with Crippen LogP contribution in [-0.2, 0) is 4.79 Å². The molecule has 16 heavy (non-hydrogen) atoms. The van der Waals surface area contributed by atoms with Crippen molar-refractivity contribution in [3.8, 4) is 0 Å². The van der Waals surface area contributed by atoms with E-state index in [1.165, 1.54) is 31.0 Å². The maximum Gasteiger partial charge on any atom is 0.137 e. The minimum absolute atomic E-state index is 0.349. The van der Waals surface area contributed by atoms with Crippen LogP contribution >= 0.6 is 11.8 Å². The Labute approximate surface area is 103 Å².